The summed E-state index contributed by atoms with van der Waals surface area (Å²) < 4.78 is 0. The van der Waals surface area contributed by atoms with Gasteiger partial charge in [-0.3, -0.25) is 0 Å². The molecular weight excluding hydrogens is 234 g/mol. The Labute approximate surface area is 108 Å². The van der Waals surface area contributed by atoms with Crippen molar-refractivity contribution in [3.05, 3.63) is 17.0 Å². The number of unbranched alkanes of at least 4 members (excludes halogenated alkanes) is 2. The van der Waals surface area contributed by atoms with Crippen molar-refractivity contribution in [1.29, 1.82) is 0 Å². The summed E-state index contributed by atoms with van der Waals surface area (Å²) in [5, 5.41) is 3.84. The molecule has 1 heterocycles. The summed E-state index contributed by atoms with van der Waals surface area (Å²) in [7, 11) is 0. The molecule has 17 heavy (non-hydrogen) atoms. The van der Waals surface area contributed by atoms with Gasteiger partial charge in [0.05, 0.1) is 0 Å². The second-order valence-corrected chi connectivity index (χ2v) is 4.19. The highest BCUT2D eigenvalue weighted by atomic mass is 35.5. The molecule has 0 aliphatic rings. The van der Waals surface area contributed by atoms with E-state index in [1.807, 2.05) is 0 Å². The van der Waals surface area contributed by atoms with E-state index < -0.39 is 0 Å². The van der Waals surface area contributed by atoms with E-state index in [0.717, 1.165) is 50.0 Å². The molecule has 92 valence electrons. The highest BCUT2D eigenvalue weighted by Crippen LogP contribution is 2.21. The topological polar surface area (TPSA) is 37.8 Å². The van der Waals surface area contributed by atoms with E-state index in [4.69, 9.17) is 18.0 Å². The first-order valence-electron chi connectivity index (χ1n) is 5.96. The van der Waals surface area contributed by atoms with E-state index in [0.29, 0.717) is 5.15 Å². The van der Waals surface area contributed by atoms with Gasteiger partial charge in [0.25, 0.3) is 0 Å². The van der Waals surface area contributed by atoms with Gasteiger partial charge in [-0.1, -0.05) is 24.9 Å². The summed E-state index contributed by atoms with van der Waals surface area (Å²) in [6, 6.07) is 0. The lowest BCUT2D eigenvalue weighted by Crippen LogP contribution is -2.07. The molecule has 0 unspecified atom stereocenters. The summed E-state index contributed by atoms with van der Waals surface area (Å²) in [5.74, 6) is 3.49. The number of halogens is 1. The second-order valence-electron chi connectivity index (χ2n) is 3.83. The molecule has 0 radical (unpaired) electrons. The lowest BCUT2D eigenvalue weighted by molar-refractivity contribution is 0.784. The summed E-state index contributed by atoms with van der Waals surface area (Å²) >= 11 is 6.05. The quantitative estimate of drug-likeness (QED) is 0.459. The molecule has 4 heteroatoms. The first-order chi connectivity index (χ1) is 8.29. The summed E-state index contributed by atoms with van der Waals surface area (Å²) in [6.07, 6.45) is 11.5. The molecule has 0 aromatic carbocycles. The normalized spacial score (nSPS) is 9.94. The van der Waals surface area contributed by atoms with Crippen molar-refractivity contribution in [2.75, 3.05) is 11.9 Å². The maximum Gasteiger partial charge on any atom is 0.137 e. The molecule has 1 N–H and O–H groups in total. The summed E-state index contributed by atoms with van der Waals surface area (Å²) in [4.78, 5) is 8.23. The molecule has 0 atom stereocenters. The van der Waals surface area contributed by atoms with Crippen LogP contribution in [-0.4, -0.2) is 16.5 Å². The number of hydrogen-bond donors (Lipinski definition) is 1. The zero-order valence-electron chi connectivity index (χ0n) is 10.2. The Kier molecular flexibility index (Phi) is 6.42. The molecule has 0 saturated carbocycles. The Morgan fingerprint density at radius 3 is 2.94 bits per heavy atom. The second kappa shape index (κ2) is 7.92. The minimum absolute atomic E-state index is 0.549. The van der Waals surface area contributed by atoms with Crippen LogP contribution < -0.4 is 5.32 Å². The van der Waals surface area contributed by atoms with Crippen molar-refractivity contribution >= 4 is 17.4 Å². The van der Waals surface area contributed by atoms with Crippen LogP contribution >= 0.6 is 11.6 Å². The van der Waals surface area contributed by atoms with Crippen LogP contribution in [0.1, 0.15) is 38.2 Å². The molecule has 0 aliphatic carbocycles. The van der Waals surface area contributed by atoms with Crippen molar-refractivity contribution in [1.82, 2.24) is 9.97 Å². The van der Waals surface area contributed by atoms with E-state index >= 15 is 0 Å². The van der Waals surface area contributed by atoms with E-state index in [1.54, 1.807) is 0 Å². The van der Waals surface area contributed by atoms with Crippen molar-refractivity contribution in [2.45, 2.75) is 39.0 Å². The monoisotopic (exact) mass is 251 g/mol. The van der Waals surface area contributed by atoms with E-state index in [9.17, 15) is 0 Å². The number of rotatable bonds is 7. The predicted molar refractivity (Wildman–Crippen MR) is 72.2 cm³/mol. The molecule has 1 aromatic rings. The standard InChI is InChI=1S/C13H18ClN3/c1-3-5-6-7-9-15-13-11(8-4-2)12(14)16-10-17-13/h1,10H,4-9H2,2H3,(H,15,16,17). The molecule has 1 aromatic heterocycles. The fraction of sp³-hybridized carbons (Fsp3) is 0.538. The van der Waals surface area contributed by atoms with Gasteiger partial charge in [0, 0.05) is 18.5 Å². The van der Waals surface area contributed by atoms with Crippen LogP contribution in [0, 0.1) is 12.3 Å². The highest BCUT2D eigenvalue weighted by molar-refractivity contribution is 6.30. The Bertz CT molecular complexity index is 385. The fourth-order valence-electron chi connectivity index (χ4n) is 1.57. The van der Waals surface area contributed by atoms with Crippen molar-refractivity contribution < 1.29 is 0 Å². The molecule has 0 bridgehead atoms. The Morgan fingerprint density at radius 2 is 2.24 bits per heavy atom. The van der Waals surface area contributed by atoms with Crippen LogP contribution in [0.25, 0.3) is 0 Å². The Morgan fingerprint density at radius 1 is 1.41 bits per heavy atom. The molecule has 0 amide bonds. The van der Waals surface area contributed by atoms with Gasteiger partial charge in [-0.2, -0.15) is 0 Å². The highest BCUT2D eigenvalue weighted by Gasteiger charge is 2.07. The lowest BCUT2D eigenvalue weighted by atomic mass is 10.2. The van der Waals surface area contributed by atoms with Gasteiger partial charge in [0.2, 0.25) is 0 Å². The van der Waals surface area contributed by atoms with Gasteiger partial charge in [-0.25, -0.2) is 9.97 Å². The summed E-state index contributed by atoms with van der Waals surface area (Å²) in [6.45, 7) is 2.98. The number of anilines is 1. The zero-order valence-corrected chi connectivity index (χ0v) is 10.9. The van der Waals surface area contributed by atoms with Crippen LogP contribution in [0.2, 0.25) is 5.15 Å². The maximum atomic E-state index is 6.05. The van der Waals surface area contributed by atoms with Crippen LogP contribution in [0.4, 0.5) is 5.82 Å². The lowest BCUT2D eigenvalue weighted by Gasteiger charge is -2.10. The van der Waals surface area contributed by atoms with E-state index in [1.165, 1.54) is 6.33 Å². The molecule has 3 nitrogen and oxygen atoms in total. The predicted octanol–water partition coefficient (Wildman–Crippen LogP) is 3.30. The third-order valence-electron chi connectivity index (χ3n) is 2.43. The van der Waals surface area contributed by atoms with Crippen LogP contribution in [0.3, 0.4) is 0 Å². The minimum atomic E-state index is 0.549. The summed E-state index contributed by atoms with van der Waals surface area (Å²) in [5.41, 5.74) is 1.01. The van der Waals surface area contributed by atoms with Crippen LogP contribution in [-0.2, 0) is 6.42 Å². The molecule has 0 aliphatic heterocycles. The van der Waals surface area contributed by atoms with Crippen LogP contribution in [0.15, 0.2) is 6.33 Å². The van der Waals surface area contributed by atoms with Gasteiger partial charge in [0.1, 0.15) is 17.3 Å². The largest absolute Gasteiger partial charge is 0.370 e. The number of nitrogens with one attached hydrogen (secondary N) is 1. The van der Waals surface area contributed by atoms with Crippen molar-refractivity contribution in [3.63, 3.8) is 0 Å². The first-order valence-corrected chi connectivity index (χ1v) is 6.34. The molecule has 0 fully saturated rings. The smallest absolute Gasteiger partial charge is 0.137 e. The minimum Gasteiger partial charge on any atom is -0.370 e. The van der Waals surface area contributed by atoms with Crippen molar-refractivity contribution in [2.24, 2.45) is 0 Å². The molecule has 0 spiro atoms. The van der Waals surface area contributed by atoms with Gasteiger partial charge >= 0.3 is 0 Å². The number of hydrogen-bond acceptors (Lipinski definition) is 3. The average molecular weight is 252 g/mol. The number of aromatic nitrogens is 2. The zero-order chi connectivity index (χ0) is 12.5. The third kappa shape index (κ3) is 4.62. The van der Waals surface area contributed by atoms with Gasteiger partial charge in [-0.15, -0.1) is 12.3 Å². The first kappa shape index (κ1) is 13.8. The molecular formula is C13H18ClN3. The number of nitrogens with zero attached hydrogens (tertiary/aromatic N) is 2. The number of terminal acetylenes is 1. The van der Waals surface area contributed by atoms with Gasteiger partial charge < -0.3 is 5.32 Å². The molecule has 0 saturated heterocycles. The maximum absolute atomic E-state index is 6.05. The van der Waals surface area contributed by atoms with Gasteiger partial charge in [0.15, 0.2) is 0 Å². The van der Waals surface area contributed by atoms with Gasteiger partial charge in [-0.05, 0) is 19.3 Å². The third-order valence-corrected chi connectivity index (χ3v) is 2.76. The Balaban J connectivity index is 2.52. The van der Waals surface area contributed by atoms with E-state index in [-0.39, 0.29) is 0 Å². The van der Waals surface area contributed by atoms with Crippen molar-refractivity contribution in [3.8, 4) is 12.3 Å². The van der Waals surface area contributed by atoms with Crippen LogP contribution in [0.5, 0.6) is 0 Å². The average Bonchev–Trinajstić information content (AvgIpc) is 2.33. The fourth-order valence-corrected chi connectivity index (χ4v) is 1.80. The molecule has 1 rings (SSSR count). The Hall–Kier alpha value is -1.27. The van der Waals surface area contributed by atoms with E-state index in [2.05, 4.69) is 28.1 Å². The SMILES string of the molecule is C#CCCCCNc1ncnc(Cl)c1CCC.